The first-order chi connectivity index (χ1) is 12.7. The van der Waals surface area contributed by atoms with Gasteiger partial charge in [-0.15, -0.1) is 0 Å². The van der Waals surface area contributed by atoms with Crippen molar-refractivity contribution in [3.8, 4) is 0 Å². The summed E-state index contributed by atoms with van der Waals surface area (Å²) in [6.07, 6.45) is 5.91. The van der Waals surface area contributed by atoms with Gasteiger partial charge in [-0.2, -0.15) is 5.10 Å². The maximum atomic E-state index is 4.84. The van der Waals surface area contributed by atoms with Crippen molar-refractivity contribution in [1.82, 2.24) is 30.3 Å². The molecule has 0 aromatic carbocycles. The lowest BCUT2D eigenvalue weighted by Crippen LogP contribution is -2.47. The van der Waals surface area contributed by atoms with Crippen LogP contribution in [0.2, 0.25) is 0 Å². The van der Waals surface area contributed by atoms with Crippen molar-refractivity contribution in [3.63, 3.8) is 0 Å². The summed E-state index contributed by atoms with van der Waals surface area (Å²) >= 11 is 0. The van der Waals surface area contributed by atoms with E-state index in [9.17, 15) is 0 Å². The van der Waals surface area contributed by atoms with Crippen LogP contribution in [0.25, 0.3) is 0 Å². The molecule has 7 nitrogen and oxygen atoms in total. The second-order valence-corrected chi connectivity index (χ2v) is 7.56. The number of fused-ring (bicyclic) bond motifs is 1. The molecule has 0 amide bonds. The number of likely N-dealkylation sites (tertiary alicyclic amines) is 1. The molecule has 2 aliphatic rings. The second-order valence-electron chi connectivity index (χ2n) is 7.56. The van der Waals surface area contributed by atoms with Gasteiger partial charge in [0, 0.05) is 25.6 Å². The summed E-state index contributed by atoms with van der Waals surface area (Å²) in [6, 6.07) is 0.370. The maximum absolute atomic E-state index is 4.84. The molecule has 146 valence electrons. The molecule has 0 aliphatic carbocycles. The predicted molar refractivity (Wildman–Crippen MR) is 105 cm³/mol. The van der Waals surface area contributed by atoms with E-state index in [0.717, 1.165) is 56.0 Å². The zero-order valence-corrected chi connectivity index (χ0v) is 16.7. The maximum Gasteiger partial charge on any atom is 0.191 e. The van der Waals surface area contributed by atoms with E-state index in [0.29, 0.717) is 6.04 Å². The number of hydrogen-bond donors (Lipinski definition) is 2. The van der Waals surface area contributed by atoms with E-state index in [1.54, 1.807) is 0 Å². The van der Waals surface area contributed by atoms with Gasteiger partial charge in [-0.05, 0) is 65.1 Å². The Morgan fingerprint density at radius 1 is 1.23 bits per heavy atom. The minimum Gasteiger partial charge on any atom is -0.357 e. The number of guanidine groups is 1. The Bertz CT molecular complexity index is 587. The fraction of sp³-hybridized carbons (Fsp3) is 0.842. The largest absolute Gasteiger partial charge is 0.357 e. The van der Waals surface area contributed by atoms with E-state index in [1.807, 2.05) is 11.6 Å². The predicted octanol–water partition coefficient (Wildman–Crippen LogP) is 1.58. The van der Waals surface area contributed by atoms with E-state index in [1.165, 1.54) is 38.9 Å². The lowest BCUT2D eigenvalue weighted by molar-refractivity contribution is 0.188. The number of rotatable bonds is 6. The molecule has 1 fully saturated rings. The molecule has 1 aromatic heterocycles. The van der Waals surface area contributed by atoms with Crippen LogP contribution >= 0.6 is 0 Å². The zero-order valence-electron chi connectivity index (χ0n) is 16.7. The second kappa shape index (κ2) is 9.35. The molecule has 3 heterocycles. The van der Waals surface area contributed by atoms with Gasteiger partial charge in [0.15, 0.2) is 5.96 Å². The molecule has 0 bridgehead atoms. The van der Waals surface area contributed by atoms with Gasteiger partial charge in [-0.25, -0.2) is 9.67 Å². The summed E-state index contributed by atoms with van der Waals surface area (Å²) in [4.78, 5) is 11.9. The molecule has 0 radical (unpaired) electrons. The van der Waals surface area contributed by atoms with E-state index in [4.69, 9.17) is 4.99 Å². The minimum absolute atomic E-state index is 0.370. The first-order valence-corrected chi connectivity index (χ1v) is 10.4. The number of nitrogens with zero attached hydrogens (tertiary/aromatic N) is 5. The van der Waals surface area contributed by atoms with Crippen LogP contribution in [0, 0.1) is 12.8 Å². The Hall–Kier alpha value is -1.63. The Morgan fingerprint density at radius 3 is 2.77 bits per heavy atom. The summed E-state index contributed by atoms with van der Waals surface area (Å²) in [5.41, 5.74) is 0. The Balaban J connectivity index is 1.47. The first-order valence-electron chi connectivity index (χ1n) is 10.4. The van der Waals surface area contributed by atoms with Crippen LogP contribution in [0.1, 0.15) is 51.2 Å². The number of piperidine rings is 1. The van der Waals surface area contributed by atoms with Crippen molar-refractivity contribution in [3.05, 3.63) is 11.6 Å². The molecule has 3 rings (SSSR count). The van der Waals surface area contributed by atoms with Crippen LogP contribution in [0.4, 0.5) is 0 Å². The lowest BCUT2D eigenvalue weighted by atomic mass is 9.94. The smallest absolute Gasteiger partial charge is 0.191 e. The van der Waals surface area contributed by atoms with Crippen molar-refractivity contribution in [2.45, 2.75) is 65.5 Å². The molecule has 26 heavy (non-hydrogen) atoms. The summed E-state index contributed by atoms with van der Waals surface area (Å²) in [5, 5.41) is 11.5. The normalized spacial score (nSPS) is 22.3. The van der Waals surface area contributed by atoms with Gasteiger partial charge in [0.25, 0.3) is 0 Å². The molecule has 2 aliphatic heterocycles. The zero-order chi connectivity index (χ0) is 18.4. The standard InChI is InChI=1S/C19H35N7/c1-4-20-19(21-11-8-16-9-12-25(5-2)13-10-16)23-17-6-7-18-22-15(3)24-26(18)14-17/h16-17H,4-14H2,1-3H3,(H2,20,21,23). The summed E-state index contributed by atoms with van der Waals surface area (Å²) < 4.78 is 2.04. The summed E-state index contributed by atoms with van der Waals surface area (Å²) in [5.74, 6) is 3.76. The molecule has 1 atom stereocenters. The van der Waals surface area contributed by atoms with E-state index >= 15 is 0 Å². The summed E-state index contributed by atoms with van der Waals surface area (Å²) in [6.45, 7) is 12.7. The van der Waals surface area contributed by atoms with Gasteiger partial charge < -0.3 is 15.5 Å². The number of nitrogens with one attached hydrogen (secondary N) is 2. The van der Waals surface area contributed by atoms with Crippen molar-refractivity contribution in [1.29, 1.82) is 0 Å². The van der Waals surface area contributed by atoms with Gasteiger partial charge >= 0.3 is 0 Å². The quantitative estimate of drug-likeness (QED) is 0.595. The van der Waals surface area contributed by atoms with Crippen LogP contribution in [-0.2, 0) is 13.0 Å². The van der Waals surface area contributed by atoms with Crippen LogP contribution in [0.15, 0.2) is 4.99 Å². The van der Waals surface area contributed by atoms with Gasteiger partial charge in [0.2, 0.25) is 0 Å². The molecular formula is C19H35N7. The van der Waals surface area contributed by atoms with E-state index in [-0.39, 0.29) is 0 Å². The fourth-order valence-electron chi connectivity index (χ4n) is 4.02. The van der Waals surface area contributed by atoms with Crippen molar-refractivity contribution in [2.24, 2.45) is 10.9 Å². The number of aliphatic imine (C=N–C) groups is 1. The van der Waals surface area contributed by atoms with Gasteiger partial charge in [-0.1, -0.05) is 6.92 Å². The molecule has 1 unspecified atom stereocenters. The summed E-state index contributed by atoms with van der Waals surface area (Å²) in [7, 11) is 0. The Morgan fingerprint density at radius 2 is 2.04 bits per heavy atom. The lowest BCUT2D eigenvalue weighted by Gasteiger charge is -2.30. The average Bonchev–Trinajstić information content (AvgIpc) is 3.02. The molecule has 0 saturated carbocycles. The minimum atomic E-state index is 0.370. The van der Waals surface area contributed by atoms with Gasteiger partial charge in [-0.3, -0.25) is 4.99 Å². The molecule has 2 N–H and O–H groups in total. The number of aromatic nitrogens is 3. The monoisotopic (exact) mass is 361 g/mol. The van der Waals surface area contributed by atoms with Crippen LogP contribution in [0.3, 0.4) is 0 Å². The molecule has 1 saturated heterocycles. The molecular weight excluding hydrogens is 326 g/mol. The highest BCUT2D eigenvalue weighted by molar-refractivity contribution is 5.80. The van der Waals surface area contributed by atoms with Gasteiger partial charge in [0.05, 0.1) is 6.54 Å². The van der Waals surface area contributed by atoms with Crippen LogP contribution < -0.4 is 10.6 Å². The van der Waals surface area contributed by atoms with Gasteiger partial charge in [0.1, 0.15) is 11.6 Å². The van der Waals surface area contributed by atoms with Crippen LogP contribution in [0.5, 0.6) is 0 Å². The van der Waals surface area contributed by atoms with E-state index < -0.39 is 0 Å². The Kier molecular flexibility index (Phi) is 6.88. The number of hydrogen-bond acceptors (Lipinski definition) is 4. The molecule has 7 heteroatoms. The third kappa shape index (κ3) is 5.19. The topological polar surface area (TPSA) is 70.4 Å². The van der Waals surface area contributed by atoms with Crippen molar-refractivity contribution >= 4 is 5.96 Å². The average molecular weight is 362 g/mol. The highest BCUT2D eigenvalue weighted by atomic mass is 15.4. The first kappa shape index (κ1) is 19.1. The highest BCUT2D eigenvalue weighted by Crippen LogP contribution is 2.20. The SMILES string of the molecule is CCNC(=NCCC1CCN(CC)CC1)NC1CCc2nc(C)nn2C1. The van der Waals surface area contributed by atoms with Crippen molar-refractivity contribution in [2.75, 3.05) is 32.7 Å². The van der Waals surface area contributed by atoms with Crippen molar-refractivity contribution < 1.29 is 0 Å². The number of aryl methyl sites for hydroxylation is 2. The third-order valence-corrected chi connectivity index (χ3v) is 5.61. The highest BCUT2D eigenvalue weighted by Gasteiger charge is 2.22. The molecule has 1 aromatic rings. The third-order valence-electron chi connectivity index (χ3n) is 5.61. The fourth-order valence-corrected chi connectivity index (χ4v) is 4.02. The molecule has 0 spiro atoms. The van der Waals surface area contributed by atoms with E-state index in [2.05, 4.69) is 39.5 Å². The Labute approximate surface area is 157 Å². The van der Waals surface area contributed by atoms with Crippen LogP contribution in [-0.4, -0.2) is 64.4 Å².